The first-order chi connectivity index (χ1) is 14.8. The minimum atomic E-state index is 0.566. The topological polar surface area (TPSA) is 39.1 Å². The molecule has 0 unspecified atom stereocenters. The Morgan fingerprint density at radius 1 is 1.00 bits per heavy atom. The first kappa shape index (κ1) is 19.4. The number of aromatic nitrogens is 2. The molecule has 5 rings (SSSR count). The fourth-order valence-electron chi connectivity index (χ4n) is 3.75. The third-order valence-corrected chi connectivity index (χ3v) is 6.90. The zero-order valence-corrected chi connectivity index (χ0v) is 18.9. The van der Waals surface area contributed by atoms with E-state index in [0.29, 0.717) is 6.61 Å². The predicted molar refractivity (Wildman–Crippen MR) is 127 cm³/mol. The molecule has 0 radical (unpaired) electrons. The molecule has 0 bridgehead atoms. The number of anilines is 1. The van der Waals surface area contributed by atoms with Gasteiger partial charge in [0, 0.05) is 12.1 Å². The van der Waals surface area contributed by atoms with E-state index in [4.69, 9.17) is 9.84 Å². The van der Waals surface area contributed by atoms with E-state index < -0.39 is 0 Å². The zero-order valence-electron chi connectivity index (χ0n) is 16.5. The van der Waals surface area contributed by atoms with Crippen molar-refractivity contribution in [3.8, 4) is 22.0 Å². The number of fused-ring (bicyclic) bond motifs is 1. The van der Waals surface area contributed by atoms with Crippen molar-refractivity contribution in [1.82, 2.24) is 9.78 Å². The maximum absolute atomic E-state index is 5.94. The Hall–Kier alpha value is -2.57. The number of thiophene rings is 1. The summed E-state index contributed by atoms with van der Waals surface area (Å²) in [5.74, 6) is 1.97. The van der Waals surface area contributed by atoms with Crippen LogP contribution in [0.1, 0.15) is 24.0 Å². The van der Waals surface area contributed by atoms with Crippen LogP contribution in [0.15, 0.2) is 70.5 Å². The molecule has 4 aromatic rings. The Bertz CT molecular complexity index is 1140. The summed E-state index contributed by atoms with van der Waals surface area (Å²) in [5, 5.41) is 8.63. The predicted octanol–water partition coefficient (Wildman–Crippen LogP) is 6.69. The highest BCUT2D eigenvalue weighted by molar-refractivity contribution is 9.11. The lowest BCUT2D eigenvalue weighted by Crippen LogP contribution is -2.07. The van der Waals surface area contributed by atoms with Gasteiger partial charge in [0.15, 0.2) is 0 Å². The van der Waals surface area contributed by atoms with Gasteiger partial charge in [-0.1, -0.05) is 30.3 Å². The van der Waals surface area contributed by atoms with Gasteiger partial charge in [0.05, 0.1) is 14.4 Å². The molecule has 1 N–H and O–H groups in total. The van der Waals surface area contributed by atoms with E-state index in [-0.39, 0.29) is 0 Å². The Labute approximate surface area is 188 Å². The van der Waals surface area contributed by atoms with E-state index in [0.717, 1.165) is 45.3 Å². The van der Waals surface area contributed by atoms with Crippen LogP contribution in [0.4, 0.5) is 5.82 Å². The Morgan fingerprint density at radius 3 is 2.60 bits per heavy atom. The normalized spacial score (nSPS) is 13.4. The molecule has 1 aliphatic rings. The van der Waals surface area contributed by atoms with E-state index in [2.05, 4.69) is 57.6 Å². The third-order valence-electron chi connectivity index (χ3n) is 5.27. The molecule has 0 saturated carbocycles. The number of benzene rings is 2. The van der Waals surface area contributed by atoms with Crippen molar-refractivity contribution in [1.29, 1.82) is 0 Å². The average Bonchev–Trinajstić information content (AvgIpc) is 3.28. The molecular formula is C24H22BrN3OS. The summed E-state index contributed by atoms with van der Waals surface area (Å²) in [7, 11) is 0. The quantitative estimate of drug-likeness (QED) is 0.346. The minimum absolute atomic E-state index is 0.566. The van der Waals surface area contributed by atoms with Crippen LogP contribution in [0.5, 0.6) is 5.75 Å². The van der Waals surface area contributed by atoms with Gasteiger partial charge in [-0.2, -0.15) is 5.10 Å². The van der Waals surface area contributed by atoms with Crippen LogP contribution in [0.25, 0.3) is 16.3 Å². The Morgan fingerprint density at radius 2 is 1.83 bits per heavy atom. The van der Waals surface area contributed by atoms with Crippen molar-refractivity contribution >= 4 is 33.1 Å². The summed E-state index contributed by atoms with van der Waals surface area (Å²) in [6, 6.07) is 22.7. The summed E-state index contributed by atoms with van der Waals surface area (Å²) in [6.07, 6.45) is 3.40. The van der Waals surface area contributed by atoms with Crippen molar-refractivity contribution in [3.05, 3.63) is 81.6 Å². The van der Waals surface area contributed by atoms with E-state index in [1.807, 2.05) is 35.0 Å². The molecule has 2 aromatic carbocycles. The highest BCUT2D eigenvalue weighted by Crippen LogP contribution is 2.38. The van der Waals surface area contributed by atoms with E-state index in [1.165, 1.54) is 23.3 Å². The molecule has 0 aliphatic carbocycles. The molecule has 3 heterocycles. The fraction of sp³-hybridized carbons (Fsp3) is 0.208. The maximum Gasteiger partial charge on any atom is 0.133 e. The second-order valence-corrected chi connectivity index (χ2v) is 9.81. The van der Waals surface area contributed by atoms with Crippen LogP contribution in [-0.4, -0.2) is 16.3 Å². The van der Waals surface area contributed by atoms with E-state index in [9.17, 15) is 0 Å². The number of hydrogen-bond donors (Lipinski definition) is 1. The molecule has 152 valence electrons. The average molecular weight is 480 g/mol. The second kappa shape index (κ2) is 8.66. The van der Waals surface area contributed by atoms with Gasteiger partial charge in [0.25, 0.3) is 0 Å². The fourth-order valence-corrected chi connectivity index (χ4v) is 5.15. The summed E-state index contributed by atoms with van der Waals surface area (Å²) >= 11 is 5.32. The minimum Gasteiger partial charge on any atom is -0.489 e. The van der Waals surface area contributed by atoms with Gasteiger partial charge < -0.3 is 10.1 Å². The first-order valence-electron chi connectivity index (χ1n) is 10.2. The Kier molecular flexibility index (Phi) is 5.60. The van der Waals surface area contributed by atoms with Crippen molar-refractivity contribution in [2.24, 2.45) is 0 Å². The highest BCUT2D eigenvalue weighted by atomic mass is 79.9. The monoisotopic (exact) mass is 479 g/mol. The number of ether oxygens (including phenoxy) is 1. The number of rotatable bonds is 5. The number of nitrogens with one attached hydrogen (secondary N) is 1. The first-order valence-corrected chi connectivity index (χ1v) is 11.8. The number of halogens is 1. The molecule has 0 amide bonds. The number of hydrogen-bond acceptors (Lipinski definition) is 4. The molecule has 6 heteroatoms. The van der Waals surface area contributed by atoms with Crippen LogP contribution in [0, 0.1) is 0 Å². The van der Waals surface area contributed by atoms with Gasteiger partial charge >= 0.3 is 0 Å². The van der Waals surface area contributed by atoms with E-state index >= 15 is 0 Å². The lowest BCUT2D eigenvalue weighted by Gasteiger charge is -2.11. The van der Waals surface area contributed by atoms with Gasteiger partial charge in [-0.3, -0.25) is 0 Å². The highest BCUT2D eigenvalue weighted by Gasteiger charge is 2.22. The molecule has 0 fully saturated rings. The van der Waals surface area contributed by atoms with Gasteiger partial charge in [-0.25, -0.2) is 4.68 Å². The van der Waals surface area contributed by atoms with Crippen molar-refractivity contribution in [2.75, 3.05) is 11.9 Å². The van der Waals surface area contributed by atoms with Crippen LogP contribution < -0.4 is 10.1 Å². The van der Waals surface area contributed by atoms with Gasteiger partial charge in [-0.15, -0.1) is 11.3 Å². The summed E-state index contributed by atoms with van der Waals surface area (Å²) in [5.41, 5.74) is 4.59. The largest absolute Gasteiger partial charge is 0.489 e. The molecular weight excluding hydrogens is 458 g/mol. The zero-order chi connectivity index (χ0) is 20.3. The molecule has 30 heavy (non-hydrogen) atoms. The SMILES string of the molecule is Brc1ccc(-c2nn(-c3ccc(OCc4ccccc4)cc3)c3c2CCCCN3)s1. The van der Waals surface area contributed by atoms with Crippen molar-refractivity contribution < 1.29 is 4.74 Å². The number of nitrogens with zero attached hydrogens (tertiary/aromatic N) is 2. The molecule has 0 spiro atoms. The molecule has 4 nitrogen and oxygen atoms in total. The van der Waals surface area contributed by atoms with Gasteiger partial charge in [0.2, 0.25) is 0 Å². The lowest BCUT2D eigenvalue weighted by molar-refractivity contribution is 0.306. The Balaban J connectivity index is 1.44. The molecule has 0 atom stereocenters. The van der Waals surface area contributed by atoms with Gasteiger partial charge in [-0.05, 0) is 77.2 Å². The van der Waals surface area contributed by atoms with Crippen LogP contribution >= 0.6 is 27.3 Å². The second-order valence-electron chi connectivity index (χ2n) is 7.34. The van der Waals surface area contributed by atoms with Crippen molar-refractivity contribution in [3.63, 3.8) is 0 Å². The smallest absolute Gasteiger partial charge is 0.133 e. The summed E-state index contributed by atoms with van der Waals surface area (Å²) in [6.45, 7) is 1.54. The molecule has 2 aromatic heterocycles. The lowest BCUT2D eigenvalue weighted by atomic mass is 10.1. The van der Waals surface area contributed by atoms with E-state index in [1.54, 1.807) is 11.3 Å². The molecule has 0 saturated heterocycles. The van der Waals surface area contributed by atoms with Crippen LogP contribution in [0.3, 0.4) is 0 Å². The van der Waals surface area contributed by atoms with Crippen molar-refractivity contribution in [2.45, 2.75) is 25.9 Å². The molecule has 1 aliphatic heterocycles. The standard InChI is InChI=1S/C24H22BrN3OS/c25-22-14-13-21(30-22)23-20-8-4-5-15-26-24(20)28(27-23)18-9-11-19(12-10-18)29-16-17-6-2-1-3-7-17/h1-3,6-7,9-14,26H,4-5,8,15-16H2. The maximum atomic E-state index is 5.94. The third kappa shape index (κ3) is 4.02. The summed E-state index contributed by atoms with van der Waals surface area (Å²) in [4.78, 5) is 1.20. The summed E-state index contributed by atoms with van der Waals surface area (Å²) < 4.78 is 9.12. The van der Waals surface area contributed by atoms with Gasteiger partial charge in [0.1, 0.15) is 23.9 Å². The van der Waals surface area contributed by atoms with Crippen LogP contribution in [0.2, 0.25) is 0 Å². The van der Waals surface area contributed by atoms with Crippen LogP contribution in [-0.2, 0) is 13.0 Å².